The van der Waals surface area contributed by atoms with Gasteiger partial charge in [0.15, 0.2) is 0 Å². The molecule has 5 heteroatoms. The lowest BCUT2D eigenvalue weighted by Gasteiger charge is -2.21. The van der Waals surface area contributed by atoms with Crippen LogP contribution >= 0.6 is 0 Å². The Kier molecular flexibility index (Phi) is 4.84. The van der Waals surface area contributed by atoms with Crippen molar-refractivity contribution in [3.63, 3.8) is 0 Å². The van der Waals surface area contributed by atoms with Gasteiger partial charge in [-0.2, -0.15) is 0 Å². The fraction of sp³-hybridized carbons (Fsp3) is 0.364. The van der Waals surface area contributed by atoms with Crippen LogP contribution in [0.3, 0.4) is 0 Å². The predicted octanol–water partition coefficient (Wildman–Crippen LogP) is 4.72. The number of urea groups is 1. The zero-order valence-corrected chi connectivity index (χ0v) is 15.6. The van der Waals surface area contributed by atoms with E-state index >= 15 is 0 Å². The number of aryl methyl sites for hydroxylation is 1. The molecule has 1 saturated carbocycles. The number of rotatable bonds is 3. The maximum atomic E-state index is 12.8. The van der Waals surface area contributed by atoms with Crippen molar-refractivity contribution in [2.24, 2.45) is 5.92 Å². The first-order chi connectivity index (χ1) is 13.1. The summed E-state index contributed by atoms with van der Waals surface area (Å²) in [5.41, 5.74) is 4.61. The molecule has 27 heavy (non-hydrogen) atoms. The van der Waals surface area contributed by atoms with Gasteiger partial charge in [0.2, 0.25) is 5.91 Å². The summed E-state index contributed by atoms with van der Waals surface area (Å²) in [4.78, 5) is 27.1. The molecule has 1 fully saturated rings. The highest BCUT2D eigenvalue weighted by atomic mass is 16.2. The largest absolute Gasteiger partial charge is 0.323 e. The van der Waals surface area contributed by atoms with Crippen LogP contribution in [0.1, 0.15) is 36.8 Å². The molecule has 4 rings (SSSR count). The summed E-state index contributed by atoms with van der Waals surface area (Å²) < 4.78 is 0. The summed E-state index contributed by atoms with van der Waals surface area (Å²) >= 11 is 0. The van der Waals surface area contributed by atoms with E-state index in [0.717, 1.165) is 55.6 Å². The molecular weight excluding hydrogens is 338 g/mol. The third-order valence-corrected chi connectivity index (χ3v) is 5.60. The van der Waals surface area contributed by atoms with Crippen LogP contribution in [0, 0.1) is 12.8 Å². The van der Waals surface area contributed by atoms with E-state index < -0.39 is 0 Å². The zero-order valence-electron chi connectivity index (χ0n) is 15.6. The van der Waals surface area contributed by atoms with Crippen molar-refractivity contribution in [3.8, 4) is 0 Å². The van der Waals surface area contributed by atoms with Crippen LogP contribution in [-0.4, -0.2) is 18.5 Å². The molecule has 140 valence electrons. The smallest absolute Gasteiger partial charge is 0.312 e. The molecule has 2 aromatic rings. The van der Waals surface area contributed by atoms with E-state index in [1.165, 1.54) is 5.56 Å². The van der Waals surface area contributed by atoms with Crippen molar-refractivity contribution in [3.05, 3.63) is 53.6 Å². The first-order valence-corrected chi connectivity index (χ1v) is 9.70. The van der Waals surface area contributed by atoms with Crippen LogP contribution in [0.5, 0.6) is 0 Å². The van der Waals surface area contributed by atoms with Crippen molar-refractivity contribution in [2.45, 2.75) is 39.0 Å². The molecule has 1 heterocycles. The maximum absolute atomic E-state index is 12.8. The molecule has 0 atom stereocenters. The molecule has 0 bridgehead atoms. The van der Waals surface area contributed by atoms with Gasteiger partial charge >= 0.3 is 6.03 Å². The Labute approximate surface area is 159 Å². The number of fused-ring (bicyclic) bond motifs is 1. The number of hydrogen-bond acceptors (Lipinski definition) is 2. The molecule has 0 aromatic heterocycles. The monoisotopic (exact) mass is 363 g/mol. The van der Waals surface area contributed by atoms with Gasteiger partial charge in [0, 0.05) is 29.5 Å². The van der Waals surface area contributed by atoms with Gasteiger partial charge in [0.05, 0.1) is 0 Å². The summed E-state index contributed by atoms with van der Waals surface area (Å²) in [6.45, 7) is 2.70. The second-order valence-electron chi connectivity index (χ2n) is 7.46. The molecule has 5 nitrogen and oxygen atoms in total. The summed E-state index contributed by atoms with van der Waals surface area (Å²) in [6.07, 6.45) is 5.18. The van der Waals surface area contributed by atoms with Crippen LogP contribution < -0.4 is 15.5 Å². The van der Waals surface area contributed by atoms with Gasteiger partial charge in [-0.3, -0.25) is 4.79 Å². The van der Waals surface area contributed by atoms with Crippen molar-refractivity contribution in [1.29, 1.82) is 0 Å². The number of anilines is 3. The van der Waals surface area contributed by atoms with E-state index in [1.54, 1.807) is 0 Å². The second-order valence-corrected chi connectivity index (χ2v) is 7.46. The van der Waals surface area contributed by atoms with Crippen LogP contribution in [0.2, 0.25) is 0 Å². The molecule has 2 aromatic carbocycles. The quantitative estimate of drug-likeness (QED) is 0.829. The van der Waals surface area contributed by atoms with Gasteiger partial charge in [-0.05, 0) is 55.5 Å². The van der Waals surface area contributed by atoms with E-state index in [4.69, 9.17) is 0 Å². The summed E-state index contributed by atoms with van der Waals surface area (Å²) in [5, 5.41) is 5.76. The average molecular weight is 363 g/mol. The highest BCUT2D eigenvalue weighted by Gasteiger charge is 2.31. The highest BCUT2D eigenvalue weighted by molar-refractivity contribution is 6.02. The Bertz CT molecular complexity index is 872. The third kappa shape index (κ3) is 3.68. The number of nitrogens with zero attached hydrogens (tertiary/aromatic N) is 1. The van der Waals surface area contributed by atoms with Crippen LogP contribution in [0.15, 0.2) is 42.5 Å². The number of amides is 3. The van der Waals surface area contributed by atoms with Crippen LogP contribution in [0.25, 0.3) is 0 Å². The van der Waals surface area contributed by atoms with E-state index in [1.807, 2.05) is 54.3 Å². The molecule has 1 aliphatic carbocycles. The van der Waals surface area contributed by atoms with Crippen molar-refractivity contribution in [1.82, 2.24) is 0 Å². The normalized spacial score (nSPS) is 16.3. The average Bonchev–Trinajstić information content (AvgIpc) is 3.32. The molecule has 2 aliphatic rings. The molecule has 0 saturated heterocycles. The molecule has 3 amide bonds. The fourth-order valence-corrected chi connectivity index (χ4v) is 4.08. The molecule has 1 aliphatic heterocycles. The first-order valence-electron chi connectivity index (χ1n) is 9.70. The Balaban J connectivity index is 1.47. The van der Waals surface area contributed by atoms with Gasteiger partial charge in [-0.15, -0.1) is 0 Å². The molecule has 0 radical (unpaired) electrons. The third-order valence-electron chi connectivity index (χ3n) is 5.60. The molecule has 2 N–H and O–H groups in total. The van der Waals surface area contributed by atoms with Crippen LogP contribution in [-0.2, 0) is 11.2 Å². The standard InChI is InChI=1S/C22H25N3O2/c1-15-6-2-5-9-19(15)24-22(27)23-18-11-10-16-12-13-25(20(16)14-18)21(26)17-7-3-4-8-17/h2,5-6,9-11,14,17H,3-4,7-8,12-13H2,1H3,(H2,23,24,27). The number of para-hydroxylation sites is 1. The SMILES string of the molecule is Cc1ccccc1NC(=O)Nc1ccc2c(c1)N(C(=O)C1CCCC1)CC2. The fourth-order valence-electron chi connectivity index (χ4n) is 4.08. The van der Waals surface area contributed by atoms with Crippen molar-refractivity contribution >= 4 is 29.0 Å². The van der Waals surface area contributed by atoms with Gasteiger partial charge in [0.1, 0.15) is 0 Å². The Hall–Kier alpha value is -2.82. The van der Waals surface area contributed by atoms with Gasteiger partial charge < -0.3 is 15.5 Å². The number of nitrogens with one attached hydrogen (secondary N) is 2. The summed E-state index contributed by atoms with van der Waals surface area (Å²) in [7, 11) is 0. The number of carbonyl (C=O) groups is 2. The minimum atomic E-state index is -0.282. The summed E-state index contributed by atoms with van der Waals surface area (Å²) in [6, 6.07) is 13.2. The lowest BCUT2D eigenvalue weighted by molar-refractivity contribution is -0.122. The number of hydrogen-bond donors (Lipinski definition) is 2. The van der Waals surface area contributed by atoms with E-state index in [0.29, 0.717) is 5.69 Å². The van der Waals surface area contributed by atoms with Crippen molar-refractivity contribution < 1.29 is 9.59 Å². The molecule has 0 spiro atoms. The number of benzene rings is 2. The minimum Gasteiger partial charge on any atom is -0.312 e. The van der Waals surface area contributed by atoms with Gasteiger partial charge in [-0.1, -0.05) is 37.1 Å². The van der Waals surface area contributed by atoms with Crippen molar-refractivity contribution in [2.75, 3.05) is 22.1 Å². The number of carbonyl (C=O) groups excluding carboxylic acids is 2. The van der Waals surface area contributed by atoms with E-state index in [9.17, 15) is 9.59 Å². The predicted molar refractivity (Wildman–Crippen MR) is 108 cm³/mol. The van der Waals surface area contributed by atoms with Gasteiger partial charge in [0.25, 0.3) is 0 Å². The van der Waals surface area contributed by atoms with E-state index in [2.05, 4.69) is 10.6 Å². The second kappa shape index (κ2) is 7.43. The van der Waals surface area contributed by atoms with Gasteiger partial charge in [-0.25, -0.2) is 4.79 Å². The lowest BCUT2D eigenvalue weighted by atomic mass is 10.1. The highest BCUT2D eigenvalue weighted by Crippen LogP contribution is 2.35. The topological polar surface area (TPSA) is 61.4 Å². The molecule has 0 unspecified atom stereocenters. The maximum Gasteiger partial charge on any atom is 0.323 e. The summed E-state index contributed by atoms with van der Waals surface area (Å²) in [5.74, 6) is 0.407. The Morgan fingerprint density at radius 1 is 1.04 bits per heavy atom. The molecular formula is C22H25N3O2. The first kappa shape index (κ1) is 17.6. The van der Waals surface area contributed by atoms with E-state index in [-0.39, 0.29) is 17.9 Å². The Morgan fingerprint density at radius 2 is 1.81 bits per heavy atom. The lowest BCUT2D eigenvalue weighted by Crippen LogP contribution is -2.33. The Morgan fingerprint density at radius 3 is 2.59 bits per heavy atom. The van der Waals surface area contributed by atoms with Crippen LogP contribution in [0.4, 0.5) is 21.9 Å². The minimum absolute atomic E-state index is 0.164. The zero-order chi connectivity index (χ0) is 18.8.